The van der Waals surface area contributed by atoms with Gasteiger partial charge in [0.05, 0.1) is 19.3 Å². The third kappa shape index (κ3) is 8.28. The molecule has 0 bridgehead atoms. The van der Waals surface area contributed by atoms with E-state index in [4.69, 9.17) is 10.5 Å². The zero-order chi connectivity index (χ0) is 17.7. The molecule has 0 unspecified atom stereocenters. The van der Waals surface area contributed by atoms with Crippen molar-refractivity contribution in [3.8, 4) is 0 Å². The van der Waals surface area contributed by atoms with Crippen LogP contribution in [0.5, 0.6) is 0 Å². The van der Waals surface area contributed by atoms with Crippen molar-refractivity contribution in [2.45, 2.75) is 25.9 Å². The van der Waals surface area contributed by atoms with Crippen molar-refractivity contribution in [3.63, 3.8) is 0 Å². The minimum absolute atomic E-state index is 0.683. The van der Waals surface area contributed by atoms with Crippen LogP contribution in [-0.4, -0.2) is 33.1 Å². The van der Waals surface area contributed by atoms with E-state index in [2.05, 4.69) is 66.8 Å². The topological polar surface area (TPSA) is 92.6 Å². The zero-order valence-electron chi connectivity index (χ0n) is 14.1. The van der Waals surface area contributed by atoms with Gasteiger partial charge < -0.3 is 20.4 Å². The lowest BCUT2D eigenvalue weighted by Crippen LogP contribution is -2.02. The summed E-state index contributed by atoms with van der Waals surface area (Å²) in [5.41, 5.74) is 8.77. The predicted molar refractivity (Wildman–Crippen MR) is 107 cm³/mol. The summed E-state index contributed by atoms with van der Waals surface area (Å²) >= 11 is 2.30. The highest BCUT2D eigenvalue weighted by Crippen LogP contribution is 2.08. The molecule has 0 saturated heterocycles. The maximum Gasteiger partial charge on any atom is 0.0921 e. The predicted octanol–water partition coefficient (Wildman–Crippen LogP) is 3.07. The van der Waals surface area contributed by atoms with Crippen LogP contribution in [0.1, 0.15) is 23.4 Å². The second kappa shape index (κ2) is 11.8. The molecule has 1 aromatic carbocycles. The van der Waals surface area contributed by atoms with Crippen LogP contribution in [0.25, 0.3) is 0 Å². The summed E-state index contributed by atoms with van der Waals surface area (Å²) in [6.07, 6.45) is 9.91. The van der Waals surface area contributed by atoms with Crippen LogP contribution < -0.4 is 5.73 Å². The smallest absolute Gasteiger partial charge is 0.0921 e. The molecule has 3 aromatic rings. The number of nitrogens with one attached hydrogen (secondary N) is 2. The molecular formula is C18H24IN5O. The third-order valence-electron chi connectivity index (χ3n) is 3.44. The summed E-state index contributed by atoms with van der Waals surface area (Å²) in [5, 5.41) is 0. The van der Waals surface area contributed by atoms with Gasteiger partial charge in [-0.2, -0.15) is 0 Å². The van der Waals surface area contributed by atoms with E-state index in [0.29, 0.717) is 13.2 Å². The van der Waals surface area contributed by atoms with Crippen molar-refractivity contribution in [2.24, 2.45) is 5.73 Å². The highest BCUT2D eigenvalue weighted by molar-refractivity contribution is 14.1. The second-order valence-corrected chi connectivity index (χ2v) is 6.72. The number of halogens is 1. The molecule has 0 aliphatic heterocycles. The number of H-pyrrole nitrogens is 2. The summed E-state index contributed by atoms with van der Waals surface area (Å²) in [6.45, 7) is 2.16. The summed E-state index contributed by atoms with van der Waals surface area (Å²) in [4.78, 5) is 13.8. The second-order valence-electron chi connectivity index (χ2n) is 5.47. The number of nitrogens with zero attached hydrogens (tertiary/aromatic N) is 2. The van der Waals surface area contributed by atoms with E-state index in [1.807, 2.05) is 6.20 Å². The number of imidazole rings is 2. The van der Waals surface area contributed by atoms with Gasteiger partial charge in [-0.1, -0.05) is 12.1 Å². The number of hydrogen-bond acceptors (Lipinski definition) is 4. The number of aromatic amines is 2. The van der Waals surface area contributed by atoms with Crippen molar-refractivity contribution < 1.29 is 4.74 Å². The van der Waals surface area contributed by atoms with Crippen molar-refractivity contribution >= 4 is 22.6 Å². The van der Waals surface area contributed by atoms with Gasteiger partial charge in [0, 0.05) is 40.4 Å². The lowest BCUT2D eigenvalue weighted by Gasteiger charge is -2.04. The zero-order valence-corrected chi connectivity index (χ0v) is 16.3. The highest BCUT2D eigenvalue weighted by Gasteiger charge is 1.96. The van der Waals surface area contributed by atoms with Crippen LogP contribution in [0.3, 0.4) is 0 Å². The van der Waals surface area contributed by atoms with Gasteiger partial charge in [-0.15, -0.1) is 0 Å². The van der Waals surface area contributed by atoms with Crippen molar-refractivity contribution in [1.82, 2.24) is 19.9 Å². The maximum atomic E-state index is 5.62. The summed E-state index contributed by atoms with van der Waals surface area (Å²) < 4.78 is 6.88. The van der Waals surface area contributed by atoms with Crippen LogP contribution in [0, 0.1) is 3.57 Å². The van der Waals surface area contributed by atoms with Gasteiger partial charge in [-0.25, -0.2) is 9.97 Å². The molecule has 0 radical (unpaired) electrons. The van der Waals surface area contributed by atoms with Crippen molar-refractivity contribution in [2.75, 3.05) is 13.2 Å². The standard InChI is InChI=1S/C13H15IN2O.C5H9N3/c14-12-5-3-11(4-6-12)9-17-7-1-2-13-8-15-10-16-13;6-2-1-5-3-7-4-8-5/h3-6,8,10H,1-2,7,9H2,(H,15,16);3-4H,1-2,6H2,(H,7,8). The Bertz CT molecular complexity index is 668. The molecule has 0 aliphatic carbocycles. The lowest BCUT2D eigenvalue weighted by atomic mass is 10.2. The minimum Gasteiger partial charge on any atom is -0.377 e. The largest absolute Gasteiger partial charge is 0.377 e. The average molecular weight is 453 g/mol. The van der Waals surface area contributed by atoms with Gasteiger partial charge in [-0.3, -0.25) is 0 Å². The molecule has 0 atom stereocenters. The Morgan fingerprint density at radius 2 is 1.60 bits per heavy atom. The minimum atomic E-state index is 0.683. The molecular weight excluding hydrogens is 429 g/mol. The molecule has 3 rings (SSSR count). The molecule has 4 N–H and O–H groups in total. The summed E-state index contributed by atoms with van der Waals surface area (Å²) in [5.74, 6) is 0. The molecule has 134 valence electrons. The normalized spacial score (nSPS) is 10.3. The fraction of sp³-hybridized carbons (Fsp3) is 0.333. The van der Waals surface area contributed by atoms with Crippen LogP contribution >= 0.6 is 22.6 Å². The summed E-state index contributed by atoms with van der Waals surface area (Å²) in [6, 6.07) is 8.42. The maximum absolute atomic E-state index is 5.62. The Hall–Kier alpha value is -1.71. The molecule has 0 amide bonds. The van der Waals surface area contributed by atoms with Gasteiger partial charge in [0.15, 0.2) is 0 Å². The molecule has 6 nitrogen and oxygen atoms in total. The Balaban J connectivity index is 0.000000236. The Morgan fingerprint density at radius 1 is 0.960 bits per heavy atom. The number of aryl methyl sites for hydroxylation is 1. The molecule has 2 heterocycles. The Labute approximate surface area is 161 Å². The van der Waals surface area contributed by atoms with E-state index in [1.54, 1.807) is 18.9 Å². The van der Waals surface area contributed by atoms with Crippen LogP contribution in [-0.2, 0) is 24.2 Å². The number of rotatable bonds is 8. The quantitative estimate of drug-likeness (QED) is 0.361. The van der Waals surface area contributed by atoms with Crippen LogP contribution in [0.4, 0.5) is 0 Å². The van der Waals surface area contributed by atoms with Crippen molar-refractivity contribution in [3.05, 3.63) is 69.8 Å². The van der Waals surface area contributed by atoms with Crippen LogP contribution in [0.2, 0.25) is 0 Å². The van der Waals surface area contributed by atoms with E-state index < -0.39 is 0 Å². The number of aromatic nitrogens is 4. The van der Waals surface area contributed by atoms with E-state index in [1.165, 1.54) is 14.8 Å². The molecule has 0 aliphatic rings. The molecule has 2 aromatic heterocycles. The molecule has 0 saturated carbocycles. The fourth-order valence-corrected chi connectivity index (χ4v) is 2.49. The van der Waals surface area contributed by atoms with E-state index >= 15 is 0 Å². The number of benzene rings is 1. The first-order valence-electron chi connectivity index (χ1n) is 8.24. The van der Waals surface area contributed by atoms with Gasteiger partial charge in [0.1, 0.15) is 0 Å². The number of hydrogen-bond donors (Lipinski definition) is 3. The first-order valence-corrected chi connectivity index (χ1v) is 9.32. The summed E-state index contributed by atoms with van der Waals surface area (Å²) in [7, 11) is 0. The Morgan fingerprint density at radius 3 is 2.16 bits per heavy atom. The van der Waals surface area contributed by atoms with Crippen LogP contribution in [0.15, 0.2) is 49.3 Å². The number of ether oxygens (including phenoxy) is 1. The monoisotopic (exact) mass is 453 g/mol. The first-order chi connectivity index (χ1) is 12.3. The SMILES string of the molecule is Ic1ccc(COCCCc2cnc[nH]2)cc1.NCCc1cnc[nH]1. The molecule has 0 fully saturated rings. The molecule has 0 spiro atoms. The van der Waals surface area contributed by atoms with Gasteiger partial charge in [-0.05, 0) is 59.7 Å². The third-order valence-corrected chi connectivity index (χ3v) is 4.16. The Kier molecular flexibility index (Phi) is 9.24. The van der Waals surface area contributed by atoms with Gasteiger partial charge >= 0.3 is 0 Å². The van der Waals surface area contributed by atoms with E-state index in [0.717, 1.165) is 31.6 Å². The van der Waals surface area contributed by atoms with E-state index in [9.17, 15) is 0 Å². The van der Waals surface area contributed by atoms with E-state index in [-0.39, 0.29) is 0 Å². The first kappa shape index (κ1) is 19.6. The number of nitrogens with two attached hydrogens (primary N) is 1. The fourth-order valence-electron chi connectivity index (χ4n) is 2.13. The molecule has 25 heavy (non-hydrogen) atoms. The lowest BCUT2D eigenvalue weighted by molar-refractivity contribution is 0.118. The van der Waals surface area contributed by atoms with Gasteiger partial charge in [0.2, 0.25) is 0 Å². The van der Waals surface area contributed by atoms with Crippen molar-refractivity contribution in [1.29, 1.82) is 0 Å². The average Bonchev–Trinajstić information content (AvgIpc) is 3.31. The highest BCUT2D eigenvalue weighted by atomic mass is 127. The molecule has 7 heteroatoms. The van der Waals surface area contributed by atoms with Gasteiger partial charge in [0.25, 0.3) is 0 Å².